The molecule has 1 fully saturated rings. The summed E-state index contributed by atoms with van der Waals surface area (Å²) >= 11 is 0. The van der Waals surface area contributed by atoms with Gasteiger partial charge in [-0.15, -0.1) is 10.2 Å². The lowest BCUT2D eigenvalue weighted by Crippen LogP contribution is -2.12. The molecule has 0 bridgehead atoms. The van der Waals surface area contributed by atoms with E-state index in [1.54, 1.807) is 10.7 Å². The summed E-state index contributed by atoms with van der Waals surface area (Å²) in [4.78, 5) is 3.87. The second-order valence-electron chi connectivity index (χ2n) is 3.74. The number of ether oxygens (including phenoxy) is 1. The summed E-state index contributed by atoms with van der Waals surface area (Å²) in [6.07, 6.45) is 4.47. The molecule has 0 aliphatic carbocycles. The maximum Gasteiger partial charge on any atom is 0.196 e. The molecule has 2 atom stereocenters. The van der Waals surface area contributed by atoms with Crippen molar-refractivity contribution in [2.24, 2.45) is 0 Å². The first-order chi connectivity index (χ1) is 7.88. The number of aliphatic hydroxyl groups excluding tert-OH is 1. The summed E-state index contributed by atoms with van der Waals surface area (Å²) in [7, 11) is 0. The Kier molecular flexibility index (Phi) is 2.26. The van der Waals surface area contributed by atoms with Gasteiger partial charge in [-0.05, 0) is 12.8 Å². The summed E-state index contributed by atoms with van der Waals surface area (Å²) < 4.78 is 7.25. The molecule has 0 amide bonds. The van der Waals surface area contributed by atoms with Crippen molar-refractivity contribution in [1.29, 1.82) is 0 Å². The molecule has 2 unspecified atom stereocenters. The minimum absolute atomic E-state index is 0.0439. The second kappa shape index (κ2) is 3.76. The lowest BCUT2D eigenvalue weighted by atomic mass is 10.2. The average Bonchev–Trinajstić information content (AvgIpc) is 2.94. The van der Waals surface area contributed by atoms with E-state index >= 15 is 0 Å². The van der Waals surface area contributed by atoms with Crippen LogP contribution in [-0.4, -0.2) is 42.6 Å². The molecule has 3 heterocycles. The van der Waals surface area contributed by atoms with Crippen LogP contribution in [0.5, 0.6) is 0 Å². The summed E-state index contributed by atoms with van der Waals surface area (Å²) in [6.45, 7) is 0.0439. The van der Waals surface area contributed by atoms with E-state index in [1.807, 2.05) is 0 Å². The van der Waals surface area contributed by atoms with Crippen LogP contribution in [0.1, 0.15) is 24.8 Å². The molecule has 0 aromatic carbocycles. The van der Waals surface area contributed by atoms with E-state index in [-0.39, 0.29) is 18.8 Å². The molecule has 1 aliphatic rings. The molecule has 0 spiro atoms. The van der Waals surface area contributed by atoms with Crippen molar-refractivity contribution in [3.63, 3.8) is 0 Å². The molecule has 1 aliphatic heterocycles. The number of aliphatic hydroxyl groups is 1. The first kappa shape index (κ1) is 9.61. The second-order valence-corrected chi connectivity index (χ2v) is 3.74. The Labute approximate surface area is 91.1 Å². The monoisotopic (exact) mass is 221 g/mol. The molecule has 16 heavy (non-hydrogen) atoms. The normalized spacial score (nSPS) is 25.3. The van der Waals surface area contributed by atoms with Gasteiger partial charge in [0, 0.05) is 0 Å². The molecule has 3 rings (SSSR count). The highest BCUT2D eigenvalue weighted by Crippen LogP contribution is 2.31. The molecule has 1 N–H and O–H groups in total. The number of rotatable bonds is 2. The third-order valence-electron chi connectivity index (χ3n) is 2.71. The molecular weight excluding hydrogens is 210 g/mol. The zero-order valence-electron chi connectivity index (χ0n) is 8.52. The molecule has 1 saturated heterocycles. The summed E-state index contributed by atoms with van der Waals surface area (Å²) in [6, 6.07) is 0. The fourth-order valence-electron chi connectivity index (χ4n) is 1.92. The smallest absolute Gasteiger partial charge is 0.196 e. The van der Waals surface area contributed by atoms with E-state index in [1.165, 1.54) is 6.33 Å². The van der Waals surface area contributed by atoms with Crippen LogP contribution in [-0.2, 0) is 4.74 Å². The molecule has 0 radical (unpaired) electrons. The SMILES string of the molecule is OCC1CCC(c2nnc3cncnn23)O1. The van der Waals surface area contributed by atoms with Gasteiger partial charge >= 0.3 is 0 Å². The van der Waals surface area contributed by atoms with Gasteiger partial charge in [0.2, 0.25) is 0 Å². The minimum Gasteiger partial charge on any atom is -0.394 e. The Morgan fingerprint density at radius 2 is 2.38 bits per heavy atom. The highest BCUT2D eigenvalue weighted by Gasteiger charge is 2.29. The van der Waals surface area contributed by atoms with Gasteiger partial charge in [0.05, 0.1) is 18.9 Å². The highest BCUT2D eigenvalue weighted by atomic mass is 16.5. The van der Waals surface area contributed by atoms with Crippen molar-refractivity contribution in [3.8, 4) is 0 Å². The Morgan fingerprint density at radius 3 is 3.19 bits per heavy atom. The highest BCUT2D eigenvalue weighted by molar-refractivity contribution is 5.32. The molecule has 84 valence electrons. The van der Waals surface area contributed by atoms with Crippen LogP contribution in [0.3, 0.4) is 0 Å². The largest absolute Gasteiger partial charge is 0.394 e. The predicted molar refractivity (Wildman–Crippen MR) is 52.5 cm³/mol. The summed E-state index contributed by atoms with van der Waals surface area (Å²) in [5.74, 6) is 0.674. The quantitative estimate of drug-likeness (QED) is 0.751. The molecule has 7 heteroatoms. The number of nitrogens with zero attached hydrogens (tertiary/aromatic N) is 5. The Hall–Kier alpha value is -1.60. The van der Waals surface area contributed by atoms with Gasteiger partial charge in [0.15, 0.2) is 11.5 Å². The average molecular weight is 221 g/mol. The van der Waals surface area contributed by atoms with Gasteiger partial charge in [-0.25, -0.2) is 4.98 Å². The van der Waals surface area contributed by atoms with E-state index in [9.17, 15) is 0 Å². The van der Waals surface area contributed by atoms with Gasteiger partial charge < -0.3 is 9.84 Å². The van der Waals surface area contributed by atoms with Crippen LogP contribution in [0.25, 0.3) is 5.65 Å². The fourth-order valence-corrected chi connectivity index (χ4v) is 1.92. The number of aromatic nitrogens is 5. The van der Waals surface area contributed by atoms with Crippen molar-refractivity contribution in [1.82, 2.24) is 24.8 Å². The lowest BCUT2D eigenvalue weighted by molar-refractivity contribution is 0.00650. The zero-order valence-corrected chi connectivity index (χ0v) is 8.52. The van der Waals surface area contributed by atoms with Crippen LogP contribution in [0.2, 0.25) is 0 Å². The first-order valence-corrected chi connectivity index (χ1v) is 5.16. The molecule has 2 aromatic heterocycles. The summed E-state index contributed by atoms with van der Waals surface area (Å²) in [5.41, 5.74) is 0.605. The maximum absolute atomic E-state index is 9.00. The number of hydrogen-bond acceptors (Lipinski definition) is 6. The van der Waals surface area contributed by atoms with Crippen LogP contribution in [0.4, 0.5) is 0 Å². The zero-order chi connectivity index (χ0) is 11.0. The van der Waals surface area contributed by atoms with Crippen LogP contribution in [0.15, 0.2) is 12.5 Å². The van der Waals surface area contributed by atoms with E-state index in [4.69, 9.17) is 9.84 Å². The Bertz CT molecular complexity index is 499. The standard InChI is InChI=1S/C9H11N5O2/c15-4-6-1-2-7(16-6)9-13-12-8-3-10-5-11-14(8)9/h3,5-7,15H,1-2,4H2. The molecule has 0 saturated carbocycles. The third-order valence-corrected chi connectivity index (χ3v) is 2.71. The van der Waals surface area contributed by atoms with Crippen LogP contribution < -0.4 is 0 Å². The van der Waals surface area contributed by atoms with Gasteiger partial charge in [-0.3, -0.25) is 0 Å². The fraction of sp³-hybridized carbons (Fsp3) is 0.556. The van der Waals surface area contributed by atoms with Crippen LogP contribution in [0, 0.1) is 0 Å². The van der Waals surface area contributed by atoms with Gasteiger partial charge in [0.25, 0.3) is 0 Å². The van der Waals surface area contributed by atoms with Crippen molar-refractivity contribution >= 4 is 5.65 Å². The predicted octanol–water partition coefficient (Wildman–Crippen LogP) is -0.268. The number of hydrogen-bond donors (Lipinski definition) is 1. The van der Waals surface area contributed by atoms with E-state index in [0.717, 1.165) is 12.8 Å². The van der Waals surface area contributed by atoms with E-state index < -0.39 is 0 Å². The van der Waals surface area contributed by atoms with Crippen molar-refractivity contribution in [2.75, 3.05) is 6.61 Å². The summed E-state index contributed by atoms with van der Waals surface area (Å²) in [5, 5.41) is 21.1. The third kappa shape index (κ3) is 1.44. The first-order valence-electron chi connectivity index (χ1n) is 5.16. The van der Waals surface area contributed by atoms with Crippen molar-refractivity contribution < 1.29 is 9.84 Å². The van der Waals surface area contributed by atoms with E-state index in [2.05, 4.69) is 20.3 Å². The van der Waals surface area contributed by atoms with Crippen molar-refractivity contribution in [2.45, 2.75) is 25.0 Å². The van der Waals surface area contributed by atoms with Gasteiger partial charge in [-0.1, -0.05) is 0 Å². The van der Waals surface area contributed by atoms with Gasteiger partial charge in [-0.2, -0.15) is 9.61 Å². The lowest BCUT2D eigenvalue weighted by Gasteiger charge is -2.09. The number of fused-ring (bicyclic) bond motifs is 1. The molecule has 7 nitrogen and oxygen atoms in total. The van der Waals surface area contributed by atoms with Crippen LogP contribution >= 0.6 is 0 Å². The molecule has 2 aromatic rings. The Balaban J connectivity index is 1.95. The minimum atomic E-state index is -0.137. The molecular formula is C9H11N5O2. The maximum atomic E-state index is 9.00. The Morgan fingerprint density at radius 1 is 1.44 bits per heavy atom. The topological polar surface area (TPSA) is 85.4 Å². The van der Waals surface area contributed by atoms with Gasteiger partial charge in [0.1, 0.15) is 12.4 Å². The van der Waals surface area contributed by atoms with E-state index in [0.29, 0.717) is 11.5 Å². The van der Waals surface area contributed by atoms with Crippen molar-refractivity contribution in [3.05, 3.63) is 18.3 Å².